The number of alkyl halides is 3. The number of nitrogens with zero attached hydrogens (tertiary/aromatic N) is 2. The molecule has 10 heteroatoms. The van der Waals surface area contributed by atoms with E-state index in [4.69, 9.17) is 28.9 Å². The molecule has 0 radical (unpaired) electrons. The Morgan fingerprint density at radius 1 is 1.19 bits per heavy atom. The maximum atomic E-state index is 12.9. The van der Waals surface area contributed by atoms with Crippen molar-refractivity contribution in [2.45, 2.75) is 18.1 Å². The van der Waals surface area contributed by atoms with Gasteiger partial charge in [-0.3, -0.25) is 0 Å². The number of hydrogen-bond acceptors (Lipinski definition) is 4. The van der Waals surface area contributed by atoms with Gasteiger partial charge < -0.3 is 5.73 Å². The first-order valence-corrected chi connectivity index (χ1v) is 9.99. The average molecular weight is 438 g/mol. The van der Waals surface area contributed by atoms with Gasteiger partial charge in [0.1, 0.15) is 16.5 Å². The quantitative estimate of drug-likeness (QED) is 0.473. The molecule has 0 atom stereocenters. The summed E-state index contributed by atoms with van der Waals surface area (Å²) in [5, 5.41) is 4.68. The number of halogens is 5. The van der Waals surface area contributed by atoms with Crippen LogP contribution < -0.4 is 5.73 Å². The highest BCUT2D eigenvalue weighted by Crippen LogP contribution is 2.43. The summed E-state index contributed by atoms with van der Waals surface area (Å²) in [4.78, 5) is 2.01. The SMILES string of the molecule is CSc1nn(-c2c(Cl)cc(C(F)(F)F)cc2Cl)c(N)c1-c1ccc(C)s1. The summed E-state index contributed by atoms with van der Waals surface area (Å²) in [7, 11) is 0. The lowest BCUT2D eigenvalue weighted by molar-refractivity contribution is -0.137. The van der Waals surface area contributed by atoms with Crippen molar-refractivity contribution in [2.75, 3.05) is 12.0 Å². The second kappa shape index (κ2) is 6.99. The molecule has 2 heterocycles. The Hall–Kier alpha value is -1.35. The summed E-state index contributed by atoms with van der Waals surface area (Å²) < 4.78 is 40.1. The van der Waals surface area contributed by atoms with Crippen LogP contribution in [0.5, 0.6) is 0 Å². The molecular formula is C16H12Cl2F3N3S2. The molecule has 0 aliphatic heterocycles. The van der Waals surface area contributed by atoms with Crippen LogP contribution in [-0.2, 0) is 6.18 Å². The summed E-state index contributed by atoms with van der Waals surface area (Å²) in [5.41, 5.74) is 6.17. The van der Waals surface area contributed by atoms with Gasteiger partial charge in [0.15, 0.2) is 0 Å². The van der Waals surface area contributed by atoms with Crippen LogP contribution in [0.15, 0.2) is 29.3 Å². The topological polar surface area (TPSA) is 43.8 Å². The van der Waals surface area contributed by atoms with E-state index in [0.717, 1.165) is 21.9 Å². The number of thioether (sulfide) groups is 1. The molecule has 26 heavy (non-hydrogen) atoms. The van der Waals surface area contributed by atoms with Crippen LogP contribution in [0.4, 0.5) is 19.0 Å². The van der Waals surface area contributed by atoms with E-state index >= 15 is 0 Å². The second-order valence-corrected chi connectivity index (χ2v) is 8.28. The van der Waals surface area contributed by atoms with Gasteiger partial charge in [-0.05, 0) is 37.4 Å². The lowest BCUT2D eigenvalue weighted by Crippen LogP contribution is -2.08. The van der Waals surface area contributed by atoms with E-state index in [-0.39, 0.29) is 21.6 Å². The van der Waals surface area contributed by atoms with Crippen LogP contribution >= 0.6 is 46.3 Å². The molecule has 3 nitrogen and oxygen atoms in total. The smallest absolute Gasteiger partial charge is 0.383 e. The molecule has 138 valence electrons. The highest BCUT2D eigenvalue weighted by Gasteiger charge is 2.33. The third kappa shape index (κ3) is 3.43. The number of anilines is 1. The highest BCUT2D eigenvalue weighted by atomic mass is 35.5. The van der Waals surface area contributed by atoms with Crippen LogP contribution in [0.3, 0.4) is 0 Å². The predicted octanol–water partition coefficient (Wildman–Crippen LogP) is 6.54. The fraction of sp³-hybridized carbons (Fsp3) is 0.188. The summed E-state index contributed by atoms with van der Waals surface area (Å²) in [5.74, 6) is 0.264. The van der Waals surface area contributed by atoms with Crippen LogP contribution in [0.1, 0.15) is 10.4 Å². The first-order valence-electron chi connectivity index (χ1n) is 7.19. The van der Waals surface area contributed by atoms with Crippen LogP contribution in [0, 0.1) is 6.92 Å². The van der Waals surface area contributed by atoms with Crippen molar-refractivity contribution >= 4 is 52.1 Å². The number of rotatable bonds is 3. The first-order chi connectivity index (χ1) is 12.1. The summed E-state index contributed by atoms with van der Waals surface area (Å²) in [6.07, 6.45) is -2.71. The van der Waals surface area contributed by atoms with Gasteiger partial charge in [0.2, 0.25) is 0 Å². The van der Waals surface area contributed by atoms with Gasteiger partial charge in [-0.25, -0.2) is 4.68 Å². The van der Waals surface area contributed by atoms with Crippen molar-refractivity contribution in [3.05, 3.63) is 44.8 Å². The maximum Gasteiger partial charge on any atom is 0.416 e. The fourth-order valence-corrected chi connectivity index (χ4v) is 4.67. The van der Waals surface area contributed by atoms with E-state index in [9.17, 15) is 13.2 Å². The molecule has 2 N–H and O–H groups in total. The second-order valence-electron chi connectivity index (χ2n) is 5.38. The largest absolute Gasteiger partial charge is 0.416 e. The van der Waals surface area contributed by atoms with E-state index in [0.29, 0.717) is 10.6 Å². The molecule has 3 rings (SSSR count). The Morgan fingerprint density at radius 2 is 1.81 bits per heavy atom. The Balaban J connectivity index is 2.21. The summed E-state index contributed by atoms with van der Waals surface area (Å²) in [6.45, 7) is 1.97. The molecule has 0 amide bonds. The maximum absolute atomic E-state index is 12.9. The fourth-order valence-electron chi connectivity index (χ4n) is 2.46. The zero-order valence-corrected chi connectivity index (χ0v) is 16.6. The molecule has 0 saturated carbocycles. The summed E-state index contributed by atoms with van der Waals surface area (Å²) in [6, 6.07) is 5.52. The summed E-state index contributed by atoms with van der Waals surface area (Å²) >= 11 is 15.1. The van der Waals surface area contributed by atoms with Crippen molar-refractivity contribution in [3.8, 4) is 16.1 Å². The Morgan fingerprint density at radius 3 is 2.27 bits per heavy atom. The third-order valence-corrected chi connectivity index (χ3v) is 5.89. The van der Waals surface area contributed by atoms with Crippen molar-refractivity contribution in [1.29, 1.82) is 0 Å². The van der Waals surface area contributed by atoms with Crippen LogP contribution in [0.2, 0.25) is 10.0 Å². The zero-order chi connectivity index (χ0) is 19.2. The lowest BCUT2D eigenvalue weighted by Gasteiger charge is -2.13. The average Bonchev–Trinajstić information content (AvgIpc) is 3.09. The molecule has 0 spiro atoms. The van der Waals surface area contributed by atoms with Crippen molar-refractivity contribution in [1.82, 2.24) is 9.78 Å². The van der Waals surface area contributed by atoms with Crippen molar-refractivity contribution in [3.63, 3.8) is 0 Å². The van der Waals surface area contributed by atoms with Gasteiger partial charge in [0.25, 0.3) is 0 Å². The van der Waals surface area contributed by atoms with Gasteiger partial charge in [-0.1, -0.05) is 23.2 Å². The Kier molecular flexibility index (Phi) is 5.22. The number of thiophene rings is 1. The van der Waals surface area contributed by atoms with E-state index in [1.807, 2.05) is 25.3 Å². The Labute approximate surface area is 165 Å². The van der Waals surface area contributed by atoms with Gasteiger partial charge in [-0.15, -0.1) is 23.1 Å². The molecule has 2 aromatic heterocycles. The van der Waals surface area contributed by atoms with Crippen LogP contribution in [-0.4, -0.2) is 16.0 Å². The number of benzene rings is 1. The van der Waals surface area contributed by atoms with E-state index in [1.165, 1.54) is 16.4 Å². The molecule has 0 bridgehead atoms. The number of aryl methyl sites for hydroxylation is 1. The van der Waals surface area contributed by atoms with Crippen molar-refractivity contribution in [2.24, 2.45) is 0 Å². The van der Waals surface area contributed by atoms with E-state index < -0.39 is 11.7 Å². The molecule has 0 unspecified atom stereocenters. The molecule has 0 aliphatic carbocycles. The highest BCUT2D eigenvalue weighted by molar-refractivity contribution is 7.98. The minimum Gasteiger partial charge on any atom is -0.383 e. The molecule has 0 aliphatic rings. The minimum absolute atomic E-state index is 0.119. The first kappa shape index (κ1) is 19.4. The molecule has 3 aromatic rings. The predicted molar refractivity (Wildman–Crippen MR) is 103 cm³/mol. The monoisotopic (exact) mass is 437 g/mol. The van der Waals surface area contributed by atoms with E-state index in [2.05, 4.69) is 5.10 Å². The third-order valence-electron chi connectivity index (χ3n) is 3.63. The number of nitrogen functional groups attached to an aromatic ring is 1. The minimum atomic E-state index is -4.55. The lowest BCUT2D eigenvalue weighted by atomic mass is 10.2. The standard InChI is InChI=1S/C16H12Cl2F3N3S2/c1-7-3-4-11(26-7)12-14(22)24(23-15(12)25-2)13-9(17)5-8(6-10(13)18)16(19,20)21/h3-6H,22H2,1-2H3. The molecule has 0 saturated heterocycles. The number of hydrogen-bond donors (Lipinski definition) is 1. The van der Waals surface area contributed by atoms with Crippen LogP contribution in [0.25, 0.3) is 16.1 Å². The Bertz CT molecular complexity index is 957. The van der Waals surface area contributed by atoms with Gasteiger partial charge in [0, 0.05) is 9.75 Å². The van der Waals surface area contributed by atoms with Gasteiger partial charge >= 0.3 is 6.18 Å². The molecular weight excluding hydrogens is 426 g/mol. The normalized spacial score (nSPS) is 12.0. The van der Waals surface area contributed by atoms with Crippen molar-refractivity contribution < 1.29 is 13.2 Å². The number of aromatic nitrogens is 2. The zero-order valence-electron chi connectivity index (χ0n) is 13.5. The van der Waals surface area contributed by atoms with Gasteiger partial charge in [-0.2, -0.15) is 18.3 Å². The molecule has 1 aromatic carbocycles. The number of nitrogens with two attached hydrogens (primary N) is 1. The van der Waals surface area contributed by atoms with E-state index in [1.54, 1.807) is 11.3 Å². The molecule has 0 fully saturated rings. The van der Waals surface area contributed by atoms with Gasteiger partial charge in [0.05, 0.1) is 21.2 Å².